The Hall–Kier alpha value is -1.65. The van der Waals surface area contributed by atoms with Crippen LogP contribution in [0.25, 0.3) is 11.9 Å². The summed E-state index contributed by atoms with van der Waals surface area (Å²) in [7, 11) is 1.89. The van der Waals surface area contributed by atoms with Gasteiger partial charge in [-0.2, -0.15) is 0 Å². The van der Waals surface area contributed by atoms with Crippen molar-refractivity contribution in [2.24, 2.45) is 7.05 Å². The molecule has 1 aliphatic heterocycles. The summed E-state index contributed by atoms with van der Waals surface area (Å²) in [5.41, 5.74) is 3.77. The van der Waals surface area contributed by atoms with Crippen LogP contribution in [0.5, 0.6) is 0 Å². The van der Waals surface area contributed by atoms with Crippen LogP contribution in [0.4, 0.5) is 4.39 Å². The summed E-state index contributed by atoms with van der Waals surface area (Å²) in [6.07, 6.45) is 2.43. The Kier molecular flexibility index (Phi) is 4.79. The Morgan fingerprint density at radius 1 is 1.38 bits per heavy atom. The predicted molar refractivity (Wildman–Crippen MR) is 97.6 cm³/mol. The van der Waals surface area contributed by atoms with Gasteiger partial charge in [-0.3, -0.25) is 4.90 Å². The average molecular weight is 348 g/mol. The molecule has 0 bridgehead atoms. The lowest BCUT2D eigenvalue weighted by Gasteiger charge is -2.29. The number of hydrogen-bond donors (Lipinski definition) is 0. The lowest BCUT2D eigenvalue weighted by Crippen LogP contribution is -2.36. The monoisotopic (exact) mass is 347 g/mol. The maximum atomic E-state index is 14.9. The smallest absolute Gasteiger partial charge is 0.169 e. The SMILES string of the molecule is Cc1c(Cl)cccc1C=C(F)c1nc2c(n1C)CCN(C(C)C)C2. The molecule has 3 rings (SSSR count). The van der Waals surface area contributed by atoms with Crippen molar-refractivity contribution in [1.82, 2.24) is 14.5 Å². The van der Waals surface area contributed by atoms with Gasteiger partial charge in [0.05, 0.1) is 5.69 Å². The van der Waals surface area contributed by atoms with Gasteiger partial charge in [0.25, 0.3) is 0 Å². The van der Waals surface area contributed by atoms with Crippen molar-refractivity contribution in [2.75, 3.05) is 6.54 Å². The number of benzene rings is 1. The number of nitrogens with zero attached hydrogens (tertiary/aromatic N) is 3. The van der Waals surface area contributed by atoms with Gasteiger partial charge in [-0.05, 0) is 44.0 Å². The number of imidazole rings is 1. The molecule has 0 spiro atoms. The molecule has 2 heterocycles. The largest absolute Gasteiger partial charge is 0.329 e. The van der Waals surface area contributed by atoms with E-state index in [4.69, 9.17) is 11.6 Å². The van der Waals surface area contributed by atoms with Crippen molar-refractivity contribution in [2.45, 2.75) is 39.8 Å². The number of halogens is 2. The van der Waals surface area contributed by atoms with Crippen LogP contribution in [-0.4, -0.2) is 27.0 Å². The summed E-state index contributed by atoms with van der Waals surface area (Å²) >= 11 is 6.12. The fourth-order valence-electron chi connectivity index (χ4n) is 3.18. The first kappa shape index (κ1) is 17.2. The molecule has 3 nitrogen and oxygen atoms in total. The Morgan fingerprint density at radius 3 is 2.83 bits per heavy atom. The second-order valence-corrected chi connectivity index (χ2v) is 7.06. The van der Waals surface area contributed by atoms with Crippen molar-refractivity contribution in [1.29, 1.82) is 0 Å². The van der Waals surface area contributed by atoms with E-state index in [0.29, 0.717) is 16.9 Å². The highest BCUT2D eigenvalue weighted by atomic mass is 35.5. The van der Waals surface area contributed by atoms with E-state index in [-0.39, 0.29) is 5.83 Å². The Labute approximate surface area is 147 Å². The number of fused-ring (bicyclic) bond motifs is 1. The zero-order valence-corrected chi connectivity index (χ0v) is 15.4. The van der Waals surface area contributed by atoms with Crippen molar-refractivity contribution in [3.8, 4) is 0 Å². The first-order chi connectivity index (χ1) is 11.4. The molecule has 0 amide bonds. The summed E-state index contributed by atoms with van der Waals surface area (Å²) in [5, 5.41) is 0.642. The van der Waals surface area contributed by atoms with E-state index < -0.39 is 0 Å². The van der Waals surface area contributed by atoms with Crippen LogP contribution >= 0.6 is 11.6 Å². The lowest BCUT2D eigenvalue weighted by molar-refractivity contribution is 0.199. The zero-order valence-electron chi connectivity index (χ0n) is 14.6. The summed E-state index contributed by atoms with van der Waals surface area (Å²) < 4.78 is 16.7. The minimum atomic E-state index is -0.326. The van der Waals surface area contributed by atoms with Gasteiger partial charge in [0.2, 0.25) is 0 Å². The minimum absolute atomic E-state index is 0.326. The van der Waals surface area contributed by atoms with Crippen LogP contribution in [0.1, 0.15) is 42.2 Å². The van der Waals surface area contributed by atoms with Crippen LogP contribution in [-0.2, 0) is 20.0 Å². The molecule has 0 N–H and O–H groups in total. The van der Waals surface area contributed by atoms with Crippen LogP contribution < -0.4 is 0 Å². The molecular formula is C19H23ClFN3. The second-order valence-electron chi connectivity index (χ2n) is 6.65. The molecule has 0 fully saturated rings. The number of rotatable bonds is 3. The van der Waals surface area contributed by atoms with Gasteiger partial charge in [-0.25, -0.2) is 9.37 Å². The van der Waals surface area contributed by atoms with Crippen LogP contribution in [0.15, 0.2) is 18.2 Å². The standard InChI is InChI=1S/C19H23ClFN3/c1-12(2)24-9-8-18-17(11-24)22-19(23(18)4)16(21)10-14-6-5-7-15(20)13(14)3/h5-7,10,12H,8-9,11H2,1-4H3. The molecule has 128 valence electrons. The Balaban J connectivity index is 1.96. The van der Waals surface area contributed by atoms with E-state index in [9.17, 15) is 4.39 Å². The van der Waals surface area contributed by atoms with E-state index in [2.05, 4.69) is 23.7 Å². The van der Waals surface area contributed by atoms with E-state index in [0.717, 1.165) is 42.0 Å². The van der Waals surface area contributed by atoms with Crippen molar-refractivity contribution >= 4 is 23.5 Å². The number of hydrogen-bond acceptors (Lipinski definition) is 2. The maximum absolute atomic E-state index is 14.9. The molecule has 0 saturated heterocycles. The van der Waals surface area contributed by atoms with Gasteiger partial charge < -0.3 is 4.57 Å². The highest BCUT2D eigenvalue weighted by Gasteiger charge is 2.25. The third-order valence-electron chi connectivity index (χ3n) is 4.82. The van der Waals surface area contributed by atoms with E-state index >= 15 is 0 Å². The Morgan fingerprint density at radius 2 is 2.12 bits per heavy atom. The summed E-state index contributed by atoms with van der Waals surface area (Å²) in [6, 6.07) is 5.98. The van der Waals surface area contributed by atoms with Crippen molar-refractivity contribution in [3.63, 3.8) is 0 Å². The van der Waals surface area contributed by atoms with Crippen molar-refractivity contribution in [3.05, 3.63) is 51.6 Å². The van der Waals surface area contributed by atoms with Gasteiger partial charge in [-0.15, -0.1) is 0 Å². The molecule has 1 aliphatic rings. The molecule has 1 aromatic heterocycles. The Bertz CT molecular complexity index is 792. The van der Waals surface area contributed by atoms with Gasteiger partial charge in [-0.1, -0.05) is 23.7 Å². The van der Waals surface area contributed by atoms with Gasteiger partial charge in [0, 0.05) is 43.3 Å². The molecule has 1 aromatic carbocycles. The topological polar surface area (TPSA) is 21.1 Å². The molecule has 0 aliphatic carbocycles. The molecule has 0 radical (unpaired) electrons. The third kappa shape index (κ3) is 3.13. The van der Waals surface area contributed by atoms with E-state index in [1.807, 2.05) is 36.7 Å². The molecular weight excluding hydrogens is 325 g/mol. The van der Waals surface area contributed by atoms with Crippen LogP contribution in [0, 0.1) is 6.92 Å². The van der Waals surface area contributed by atoms with Crippen molar-refractivity contribution < 1.29 is 4.39 Å². The zero-order chi connectivity index (χ0) is 17.4. The summed E-state index contributed by atoms with van der Waals surface area (Å²) in [4.78, 5) is 6.94. The second kappa shape index (κ2) is 6.69. The van der Waals surface area contributed by atoms with Gasteiger partial charge in [0.15, 0.2) is 11.7 Å². The quantitative estimate of drug-likeness (QED) is 0.808. The average Bonchev–Trinajstić information content (AvgIpc) is 2.88. The fraction of sp³-hybridized carbons (Fsp3) is 0.421. The normalized spacial score (nSPS) is 15.9. The fourth-order valence-corrected chi connectivity index (χ4v) is 3.37. The highest BCUT2D eigenvalue weighted by molar-refractivity contribution is 6.31. The van der Waals surface area contributed by atoms with E-state index in [1.165, 1.54) is 6.08 Å². The molecule has 24 heavy (non-hydrogen) atoms. The van der Waals surface area contributed by atoms with Gasteiger partial charge in [0.1, 0.15) is 0 Å². The van der Waals surface area contributed by atoms with Crippen LogP contribution in [0.3, 0.4) is 0 Å². The lowest BCUT2D eigenvalue weighted by atomic mass is 10.1. The van der Waals surface area contributed by atoms with Gasteiger partial charge >= 0.3 is 0 Å². The number of aromatic nitrogens is 2. The highest BCUT2D eigenvalue weighted by Crippen LogP contribution is 2.28. The molecule has 2 aromatic rings. The molecule has 0 saturated carbocycles. The first-order valence-electron chi connectivity index (χ1n) is 8.29. The molecule has 5 heteroatoms. The predicted octanol–water partition coefficient (Wildman–Crippen LogP) is 4.62. The van der Waals surface area contributed by atoms with E-state index in [1.54, 1.807) is 0 Å². The summed E-state index contributed by atoms with van der Waals surface area (Å²) in [6.45, 7) is 8.02. The minimum Gasteiger partial charge on any atom is -0.329 e. The molecule has 0 unspecified atom stereocenters. The maximum Gasteiger partial charge on any atom is 0.169 e. The summed E-state index contributed by atoms with van der Waals surface area (Å²) in [5.74, 6) is 0.0679. The van der Waals surface area contributed by atoms with Crippen LogP contribution in [0.2, 0.25) is 5.02 Å². The third-order valence-corrected chi connectivity index (χ3v) is 5.23. The first-order valence-corrected chi connectivity index (χ1v) is 8.67. The molecule has 0 atom stereocenters.